The van der Waals surface area contributed by atoms with E-state index in [-0.39, 0.29) is 5.91 Å². The van der Waals surface area contributed by atoms with Crippen LogP contribution < -0.4 is 5.73 Å². The first-order chi connectivity index (χ1) is 9.15. The third-order valence-corrected chi connectivity index (χ3v) is 3.56. The second kappa shape index (κ2) is 4.46. The van der Waals surface area contributed by atoms with Crippen molar-refractivity contribution in [2.45, 2.75) is 13.3 Å². The molecule has 0 atom stereocenters. The van der Waals surface area contributed by atoms with Crippen molar-refractivity contribution in [2.24, 2.45) is 0 Å². The maximum atomic E-state index is 12.6. The monoisotopic (exact) mass is 255 g/mol. The molecule has 1 amide bonds. The number of anilines is 1. The van der Waals surface area contributed by atoms with Crippen LogP contribution in [0.2, 0.25) is 0 Å². The fourth-order valence-electron chi connectivity index (χ4n) is 2.58. The Kier molecular flexibility index (Phi) is 2.78. The van der Waals surface area contributed by atoms with Gasteiger partial charge in [-0.1, -0.05) is 11.6 Å². The summed E-state index contributed by atoms with van der Waals surface area (Å²) in [5.41, 5.74) is 9.34. The van der Waals surface area contributed by atoms with Crippen LogP contribution in [0.5, 0.6) is 0 Å². The first-order valence-corrected chi connectivity index (χ1v) is 6.46. The lowest BCUT2D eigenvalue weighted by Crippen LogP contribution is -2.35. The van der Waals surface area contributed by atoms with Gasteiger partial charge in [-0.05, 0) is 31.5 Å². The van der Waals surface area contributed by atoms with Crippen LogP contribution in [-0.2, 0) is 0 Å². The Bertz CT molecular complexity index is 669. The minimum Gasteiger partial charge on any atom is -0.399 e. The number of nitrogens with two attached hydrogens (primary N) is 1. The van der Waals surface area contributed by atoms with Gasteiger partial charge in [0.15, 0.2) is 0 Å². The highest BCUT2D eigenvalue weighted by molar-refractivity contribution is 6.07. The molecule has 2 heterocycles. The fraction of sp³-hybridized carbons (Fsp3) is 0.267. The molecule has 0 saturated heterocycles. The second-order valence-corrected chi connectivity index (χ2v) is 5.07. The van der Waals surface area contributed by atoms with Crippen molar-refractivity contribution in [3.8, 4) is 0 Å². The number of hydrogen-bond donors (Lipinski definition) is 2. The van der Waals surface area contributed by atoms with E-state index in [1.54, 1.807) is 6.20 Å². The number of benzene rings is 1. The average Bonchev–Trinajstić information content (AvgIpc) is 2.80. The molecule has 0 radical (unpaired) electrons. The minimum absolute atomic E-state index is 0.0865. The molecule has 0 aliphatic carbocycles. The summed E-state index contributed by atoms with van der Waals surface area (Å²) in [7, 11) is 0. The highest BCUT2D eigenvalue weighted by Gasteiger charge is 2.20. The summed E-state index contributed by atoms with van der Waals surface area (Å²) < 4.78 is 0. The van der Waals surface area contributed by atoms with Gasteiger partial charge >= 0.3 is 0 Å². The Morgan fingerprint density at radius 1 is 1.42 bits per heavy atom. The molecule has 0 spiro atoms. The first-order valence-electron chi connectivity index (χ1n) is 6.46. The van der Waals surface area contributed by atoms with E-state index < -0.39 is 0 Å². The lowest BCUT2D eigenvalue weighted by atomic mass is 10.1. The predicted octanol–water partition coefficient (Wildman–Crippen LogP) is 2.54. The number of H-pyrrole nitrogens is 1. The molecule has 1 aliphatic heterocycles. The lowest BCUT2D eigenvalue weighted by Gasteiger charge is -2.26. The molecule has 4 nitrogen and oxygen atoms in total. The number of aromatic amines is 1. The molecule has 2 aromatic rings. The van der Waals surface area contributed by atoms with E-state index in [2.05, 4.69) is 18.0 Å². The lowest BCUT2D eigenvalue weighted by molar-refractivity contribution is 0.0768. The zero-order valence-corrected chi connectivity index (χ0v) is 10.9. The average molecular weight is 255 g/mol. The van der Waals surface area contributed by atoms with Gasteiger partial charge in [0.25, 0.3) is 5.91 Å². The summed E-state index contributed by atoms with van der Waals surface area (Å²) in [5, 5.41) is 0.936. The predicted molar refractivity (Wildman–Crippen MR) is 77.0 cm³/mol. The van der Waals surface area contributed by atoms with Crippen LogP contribution in [0.3, 0.4) is 0 Å². The molecule has 19 heavy (non-hydrogen) atoms. The number of nitrogen functional groups attached to an aromatic ring is 1. The Balaban J connectivity index is 1.96. The third-order valence-electron chi connectivity index (χ3n) is 3.56. The highest BCUT2D eigenvalue weighted by atomic mass is 16.2. The number of carbonyl (C=O) groups excluding carboxylic acids is 1. The number of nitrogens with one attached hydrogen (secondary N) is 1. The van der Waals surface area contributed by atoms with Gasteiger partial charge in [0.2, 0.25) is 0 Å². The van der Waals surface area contributed by atoms with Crippen LogP contribution >= 0.6 is 0 Å². The van der Waals surface area contributed by atoms with E-state index in [9.17, 15) is 4.79 Å². The van der Waals surface area contributed by atoms with Crippen molar-refractivity contribution in [3.63, 3.8) is 0 Å². The SMILES string of the molecule is CC1=CCCN(C(=O)c2c[nH]c3cc(N)ccc23)C1. The van der Waals surface area contributed by atoms with Gasteiger partial charge in [0.05, 0.1) is 5.56 Å². The van der Waals surface area contributed by atoms with Crippen LogP contribution in [0.25, 0.3) is 10.9 Å². The Hall–Kier alpha value is -2.23. The Morgan fingerprint density at radius 3 is 3.05 bits per heavy atom. The fourth-order valence-corrected chi connectivity index (χ4v) is 2.58. The van der Waals surface area contributed by atoms with Crippen molar-refractivity contribution >= 4 is 22.5 Å². The van der Waals surface area contributed by atoms with E-state index in [0.717, 1.165) is 36.0 Å². The smallest absolute Gasteiger partial charge is 0.256 e. The summed E-state index contributed by atoms with van der Waals surface area (Å²) in [4.78, 5) is 17.6. The van der Waals surface area contributed by atoms with Crippen LogP contribution in [0.15, 0.2) is 36.0 Å². The van der Waals surface area contributed by atoms with Gasteiger partial charge in [-0.15, -0.1) is 0 Å². The molecule has 1 aliphatic rings. The van der Waals surface area contributed by atoms with Crippen LogP contribution in [0, 0.1) is 0 Å². The van der Waals surface area contributed by atoms with Crippen LogP contribution in [0.1, 0.15) is 23.7 Å². The molecular formula is C15H17N3O. The zero-order valence-electron chi connectivity index (χ0n) is 10.9. The Morgan fingerprint density at radius 2 is 2.26 bits per heavy atom. The number of aromatic nitrogens is 1. The van der Waals surface area contributed by atoms with Gasteiger partial charge in [0.1, 0.15) is 0 Å². The normalized spacial score (nSPS) is 15.6. The van der Waals surface area contributed by atoms with Gasteiger partial charge in [-0.2, -0.15) is 0 Å². The molecule has 1 aromatic carbocycles. The quantitative estimate of drug-likeness (QED) is 0.607. The molecule has 0 unspecified atom stereocenters. The molecular weight excluding hydrogens is 238 g/mol. The summed E-state index contributed by atoms with van der Waals surface area (Å²) in [6.07, 6.45) is 4.91. The number of nitrogens with zero attached hydrogens (tertiary/aromatic N) is 1. The van der Waals surface area contributed by atoms with E-state index in [1.165, 1.54) is 5.57 Å². The number of rotatable bonds is 1. The molecule has 0 fully saturated rings. The van der Waals surface area contributed by atoms with Gasteiger partial charge < -0.3 is 15.6 Å². The van der Waals surface area contributed by atoms with E-state index in [0.29, 0.717) is 5.69 Å². The topological polar surface area (TPSA) is 62.1 Å². The van der Waals surface area contributed by atoms with E-state index in [4.69, 9.17) is 5.73 Å². The van der Waals surface area contributed by atoms with Crippen molar-refractivity contribution in [1.29, 1.82) is 0 Å². The summed E-state index contributed by atoms with van der Waals surface area (Å²) in [5.74, 6) is 0.0865. The molecule has 98 valence electrons. The molecule has 0 bridgehead atoms. The molecule has 4 heteroatoms. The molecule has 3 N–H and O–H groups in total. The third kappa shape index (κ3) is 2.10. The van der Waals surface area contributed by atoms with Crippen molar-refractivity contribution < 1.29 is 4.79 Å². The zero-order chi connectivity index (χ0) is 13.4. The Labute approximate surface area is 111 Å². The summed E-state index contributed by atoms with van der Waals surface area (Å²) >= 11 is 0. The number of amides is 1. The standard InChI is InChI=1S/C15H17N3O/c1-10-3-2-6-18(9-10)15(19)13-8-17-14-7-11(16)4-5-12(13)14/h3-5,7-8,17H,2,6,9,16H2,1H3. The van der Waals surface area contributed by atoms with Crippen molar-refractivity contribution in [2.75, 3.05) is 18.8 Å². The van der Waals surface area contributed by atoms with Gasteiger partial charge in [0, 0.05) is 35.9 Å². The number of hydrogen-bond acceptors (Lipinski definition) is 2. The van der Waals surface area contributed by atoms with Crippen molar-refractivity contribution in [3.05, 3.63) is 41.6 Å². The largest absolute Gasteiger partial charge is 0.399 e. The first kappa shape index (κ1) is 11.8. The highest BCUT2D eigenvalue weighted by Crippen LogP contribution is 2.23. The van der Waals surface area contributed by atoms with E-state index in [1.807, 2.05) is 23.1 Å². The maximum absolute atomic E-state index is 12.6. The van der Waals surface area contributed by atoms with Crippen LogP contribution in [-0.4, -0.2) is 28.9 Å². The van der Waals surface area contributed by atoms with Crippen molar-refractivity contribution in [1.82, 2.24) is 9.88 Å². The van der Waals surface area contributed by atoms with E-state index >= 15 is 0 Å². The molecule has 1 aromatic heterocycles. The number of fused-ring (bicyclic) bond motifs is 1. The molecule has 0 saturated carbocycles. The van der Waals surface area contributed by atoms with Gasteiger partial charge in [-0.3, -0.25) is 4.79 Å². The minimum atomic E-state index is 0.0865. The summed E-state index contributed by atoms with van der Waals surface area (Å²) in [6, 6.07) is 5.59. The second-order valence-electron chi connectivity index (χ2n) is 5.07. The number of carbonyl (C=O) groups is 1. The summed E-state index contributed by atoms with van der Waals surface area (Å²) in [6.45, 7) is 3.58. The maximum Gasteiger partial charge on any atom is 0.256 e. The van der Waals surface area contributed by atoms with Crippen LogP contribution in [0.4, 0.5) is 5.69 Å². The molecule has 3 rings (SSSR count). The van der Waals surface area contributed by atoms with Gasteiger partial charge in [-0.25, -0.2) is 0 Å².